The highest BCUT2D eigenvalue weighted by atomic mass is 79.9. The Bertz CT molecular complexity index is 1120. The molecule has 2 N–H and O–H groups in total. The minimum atomic E-state index is -1.19. The number of carboxylic acid groups (broad SMARTS) is 1. The number of benzene rings is 2. The van der Waals surface area contributed by atoms with E-state index in [1.54, 1.807) is 42.5 Å². The number of thiocarbonyl (C=S) groups is 1. The first-order valence-corrected chi connectivity index (χ1v) is 10.2. The number of para-hydroxylation sites is 1. The van der Waals surface area contributed by atoms with Crippen LogP contribution in [0.25, 0.3) is 6.08 Å². The summed E-state index contributed by atoms with van der Waals surface area (Å²) in [4.78, 5) is 38.2. The average Bonchev–Trinajstić information content (AvgIpc) is 2.71. The largest absolute Gasteiger partial charge is 0.493 e. The molecule has 0 spiro atoms. The smallest absolute Gasteiger partial charge is 0.344 e. The number of rotatable bonds is 6. The van der Waals surface area contributed by atoms with Gasteiger partial charge in [0.25, 0.3) is 11.8 Å². The van der Waals surface area contributed by atoms with Gasteiger partial charge in [0.15, 0.2) is 22.7 Å². The van der Waals surface area contributed by atoms with Crippen molar-refractivity contribution in [1.82, 2.24) is 5.32 Å². The minimum absolute atomic E-state index is 0.0492. The van der Waals surface area contributed by atoms with Gasteiger partial charge < -0.3 is 14.6 Å². The molecular formula is C21H17BrN2O6S. The van der Waals surface area contributed by atoms with Crippen LogP contribution in [0.15, 0.2) is 52.5 Å². The molecule has 0 bridgehead atoms. The van der Waals surface area contributed by atoms with E-state index < -0.39 is 23.9 Å². The lowest BCUT2D eigenvalue weighted by molar-refractivity contribution is -0.144. The Morgan fingerprint density at radius 3 is 2.61 bits per heavy atom. The van der Waals surface area contributed by atoms with Crippen molar-refractivity contribution in [2.24, 2.45) is 0 Å². The van der Waals surface area contributed by atoms with Gasteiger partial charge in [0, 0.05) is 10.0 Å². The summed E-state index contributed by atoms with van der Waals surface area (Å²) in [5, 5.41) is 11.6. The number of hydrogen-bond acceptors (Lipinski definition) is 6. The lowest BCUT2D eigenvalue weighted by Crippen LogP contribution is -2.54. The van der Waals surface area contributed by atoms with Crippen LogP contribution in [0.1, 0.15) is 12.5 Å². The van der Waals surface area contributed by atoms with E-state index in [4.69, 9.17) is 21.7 Å². The summed E-state index contributed by atoms with van der Waals surface area (Å²) in [5.41, 5.74) is 0.569. The number of amides is 2. The van der Waals surface area contributed by atoms with Crippen LogP contribution in [0.2, 0.25) is 0 Å². The van der Waals surface area contributed by atoms with Crippen molar-refractivity contribution in [3.63, 3.8) is 0 Å². The summed E-state index contributed by atoms with van der Waals surface area (Å²) in [6, 6.07) is 11.7. The summed E-state index contributed by atoms with van der Waals surface area (Å²) in [6.07, 6.45) is 0.131. The summed E-state index contributed by atoms with van der Waals surface area (Å²) in [7, 11) is 1.40. The molecule has 0 aromatic heterocycles. The third-order valence-corrected chi connectivity index (χ3v) is 5.12. The van der Waals surface area contributed by atoms with Gasteiger partial charge in [-0.25, -0.2) is 4.79 Å². The molecule has 1 aliphatic heterocycles. The van der Waals surface area contributed by atoms with Gasteiger partial charge in [-0.05, 0) is 49.5 Å². The van der Waals surface area contributed by atoms with E-state index in [0.29, 0.717) is 11.3 Å². The van der Waals surface area contributed by atoms with E-state index in [9.17, 15) is 19.5 Å². The highest BCUT2D eigenvalue weighted by Gasteiger charge is 2.35. The molecule has 2 amide bonds. The fourth-order valence-electron chi connectivity index (χ4n) is 2.82. The van der Waals surface area contributed by atoms with E-state index in [2.05, 4.69) is 21.2 Å². The summed E-state index contributed by atoms with van der Waals surface area (Å²) >= 11 is 8.54. The van der Waals surface area contributed by atoms with E-state index in [1.165, 1.54) is 25.0 Å². The number of carbonyl (C=O) groups is 3. The quantitative estimate of drug-likeness (QED) is 0.353. The molecule has 1 saturated heterocycles. The first-order chi connectivity index (χ1) is 14.7. The summed E-state index contributed by atoms with van der Waals surface area (Å²) in [5.74, 6) is -2.14. The molecule has 10 heteroatoms. The van der Waals surface area contributed by atoms with Gasteiger partial charge in [-0.15, -0.1) is 0 Å². The predicted octanol–water partition coefficient (Wildman–Crippen LogP) is 3.14. The second-order valence-corrected chi connectivity index (χ2v) is 7.72. The lowest BCUT2D eigenvalue weighted by Gasteiger charge is -2.29. The lowest BCUT2D eigenvalue weighted by atomic mass is 10.1. The van der Waals surface area contributed by atoms with Gasteiger partial charge in [-0.1, -0.05) is 34.1 Å². The van der Waals surface area contributed by atoms with Gasteiger partial charge >= 0.3 is 5.97 Å². The van der Waals surface area contributed by atoms with E-state index >= 15 is 0 Å². The molecule has 1 aliphatic rings. The number of aliphatic carboxylic acids is 1. The van der Waals surface area contributed by atoms with Gasteiger partial charge in [0.05, 0.1) is 12.8 Å². The Balaban J connectivity index is 2.08. The van der Waals surface area contributed by atoms with Gasteiger partial charge in [-0.2, -0.15) is 0 Å². The fraction of sp³-hybridized carbons (Fsp3) is 0.143. The SMILES string of the molecule is COc1cccc(/C=C2\C(=O)NC(=S)N(c3cccc(Br)c3)C2=O)c1O[C@@H](C)C(=O)O. The van der Waals surface area contributed by atoms with Crippen molar-refractivity contribution in [1.29, 1.82) is 0 Å². The van der Waals surface area contributed by atoms with Crippen LogP contribution < -0.4 is 19.7 Å². The van der Waals surface area contributed by atoms with Gasteiger partial charge in [0.2, 0.25) is 0 Å². The Kier molecular flexibility index (Phi) is 6.71. The van der Waals surface area contributed by atoms with Crippen LogP contribution in [0.5, 0.6) is 11.5 Å². The normalized spacial score (nSPS) is 16.2. The first kappa shape index (κ1) is 22.4. The van der Waals surface area contributed by atoms with Crippen molar-refractivity contribution in [2.75, 3.05) is 12.0 Å². The van der Waals surface area contributed by atoms with E-state index in [-0.39, 0.29) is 22.2 Å². The van der Waals surface area contributed by atoms with Crippen molar-refractivity contribution < 1.29 is 29.0 Å². The molecule has 1 atom stereocenters. The molecule has 2 aromatic carbocycles. The topological polar surface area (TPSA) is 105 Å². The summed E-state index contributed by atoms with van der Waals surface area (Å²) < 4.78 is 11.5. The molecule has 1 heterocycles. The van der Waals surface area contributed by atoms with Crippen molar-refractivity contribution in [2.45, 2.75) is 13.0 Å². The third-order valence-electron chi connectivity index (χ3n) is 4.34. The Morgan fingerprint density at radius 2 is 1.97 bits per heavy atom. The van der Waals surface area contributed by atoms with Crippen LogP contribution in [0.4, 0.5) is 5.69 Å². The van der Waals surface area contributed by atoms with Crippen LogP contribution in [-0.2, 0) is 14.4 Å². The predicted molar refractivity (Wildman–Crippen MR) is 121 cm³/mol. The molecular weight excluding hydrogens is 488 g/mol. The van der Waals surface area contributed by atoms with Crippen LogP contribution >= 0.6 is 28.1 Å². The second kappa shape index (κ2) is 9.27. The number of halogens is 1. The standard InChI is InChI=1S/C21H17BrN2O6S/c1-11(20(27)28)30-17-12(5-3-8-16(17)29-2)9-15-18(25)23-21(31)24(19(15)26)14-7-4-6-13(22)10-14/h3-11H,1-2H3,(H,27,28)(H,23,25,31)/b15-9+/t11-/m0/s1. The van der Waals surface area contributed by atoms with Gasteiger partial charge in [0.1, 0.15) is 5.57 Å². The highest BCUT2D eigenvalue weighted by Crippen LogP contribution is 2.34. The average molecular weight is 505 g/mol. The Morgan fingerprint density at radius 1 is 1.26 bits per heavy atom. The molecule has 3 rings (SSSR count). The number of methoxy groups -OCH3 is 1. The fourth-order valence-corrected chi connectivity index (χ4v) is 3.49. The molecule has 31 heavy (non-hydrogen) atoms. The maximum absolute atomic E-state index is 13.2. The Labute approximate surface area is 191 Å². The number of carbonyl (C=O) groups excluding carboxylic acids is 2. The molecule has 1 fully saturated rings. The Hall–Kier alpha value is -3.24. The number of ether oxygens (including phenoxy) is 2. The number of anilines is 1. The van der Waals surface area contributed by atoms with E-state index in [0.717, 1.165) is 4.47 Å². The third kappa shape index (κ3) is 4.75. The second-order valence-electron chi connectivity index (χ2n) is 6.41. The van der Waals surface area contributed by atoms with Crippen LogP contribution in [-0.4, -0.2) is 41.2 Å². The van der Waals surface area contributed by atoms with Crippen molar-refractivity contribution in [3.8, 4) is 11.5 Å². The monoisotopic (exact) mass is 504 g/mol. The zero-order chi connectivity index (χ0) is 22.7. The molecule has 0 unspecified atom stereocenters. The molecule has 2 aromatic rings. The van der Waals surface area contributed by atoms with Gasteiger partial charge in [-0.3, -0.25) is 19.8 Å². The maximum atomic E-state index is 13.2. The number of carboxylic acids is 1. The zero-order valence-electron chi connectivity index (χ0n) is 16.4. The van der Waals surface area contributed by atoms with E-state index in [1.807, 2.05) is 0 Å². The molecule has 8 nitrogen and oxygen atoms in total. The summed E-state index contributed by atoms with van der Waals surface area (Å²) in [6.45, 7) is 1.36. The molecule has 0 radical (unpaired) electrons. The minimum Gasteiger partial charge on any atom is -0.493 e. The zero-order valence-corrected chi connectivity index (χ0v) is 18.8. The molecule has 0 saturated carbocycles. The molecule has 160 valence electrons. The number of nitrogens with zero attached hydrogens (tertiary/aromatic N) is 1. The highest BCUT2D eigenvalue weighted by molar-refractivity contribution is 9.10. The molecule has 0 aliphatic carbocycles. The van der Waals surface area contributed by atoms with Crippen molar-refractivity contribution >= 4 is 62.8 Å². The number of hydrogen-bond donors (Lipinski definition) is 2. The maximum Gasteiger partial charge on any atom is 0.344 e. The van der Waals surface area contributed by atoms with Crippen molar-refractivity contribution in [3.05, 3.63) is 58.1 Å². The van der Waals surface area contributed by atoms with Crippen LogP contribution in [0, 0.1) is 0 Å². The first-order valence-electron chi connectivity index (χ1n) is 8.96. The number of nitrogens with one attached hydrogen (secondary N) is 1. The van der Waals surface area contributed by atoms with Crippen LogP contribution in [0.3, 0.4) is 0 Å².